The van der Waals surface area contributed by atoms with E-state index in [-0.39, 0.29) is 5.91 Å². The first kappa shape index (κ1) is 19.6. The number of benzene rings is 1. The van der Waals surface area contributed by atoms with Crippen molar-refractivity contribution in [3.8, 4) is 5.69 Å². The third-order valence-corrected chi connectivity index (χ3v) is 5.32. The lowest BCUT2D eigenvalue weighted by Crippen LogP contribution is -2.30. The lowest BCUT2D eigenvalue weighted by atomic mass is 9.91. The molecule has 1 aliphatic heterocycles. The normalized spacial score (nSPS) is 15.1. The summed E-state index contributed by atoms with van der Waals surface area (Å²) in [5.74, 6) is 0.282. The maximum absolute atomic E-state index is 12.8. The van der Waals surface area contributed by atoms with Gasteiger partial charge >= 0.3 is 0 Å². The number of nitrogens with one attached hydrogen (secondary N) is 2. The van der Waals surface area contributed by atoms with Crippen LogP contribution in [0, 0.1) is 13.8 Å². The molecule has 6 heteroatoms. The van der Waals surface area contributed by atoms with E-state index in [9.17, 15) is 4.79 Å². The zero-order chi connectivity index (χ0) is 19.2. The molecule has 1 aromatic carbocycles. The molecule has 6 nitrogen and oxygen atoms in total. The fourth-order valence-electron chi connectivity index (χ4n) is 3.60. The fourth-order valence-corrected chi connectivity index (χ4v) is 3.60. The number of nitrogens with zero attached hydrogens (tertiary/aromatic N) is 2. The second-order valence-corrected chi connectivity index (χ2v) is 7.25. The van der Waals surface area contributed by atoms with Crippen molar-refractivity contribution in [3.63, 3.8) is 0 Å². The maximum Gasteiger partial charge on any atom is 0.254 e. The first-order chi connectivity index (χ1) is 13.1. The molecule has 0 radical (unpaired) electrons. The number of piperidine rings is 1. The van der Waals surface area contributed by atoms with E-state index >= 15 is 0 Å². The van der Waals surface area contributed by atoms with Gasteiger partial charge in [-0.3, -0.25) is 4.79 Å². The number of methoxy groups -OCH3 is 1. The van der Waals surface area contributed by atoms with Crippen LogP contribution in [0.25, 0.3) is 5.69 Å². The highest BCUT2D eigenvalue weighted by Gasteiger charge is 2.27. The number of ether oxygens (including phenoxy) is 1. The topological polar surface area (TPSA) is 68.2 Å². The molecule has 2 heterocycles. The Balaban J connectivity index is 1.92. The summed E-state index contributed by atoms with van der Waals surface area (Å²) in [5.41, 5.74) is 5.22. The van der Waals surface area contributed by atoms with Crippen molar-refractivity contribution >= 4 is 5.91 Å². The van der Waals surface area contributed by atoms with Crippen LogP contribution in [-0.4, -0.2) is 49.0 Å². The zero-order valence-corrected chi connectivity index (χ0v) is 16.5. The lowest BCUT2D eigenvalue weighted by molar-refractivity contribution is 0.0947. The molecular formula is C21H30N4O2. The van der Waals surface area contributed by atoms with Crippen LogP contribution in [0.3, 0.4) is 0 Å². The number of hydrogen-bond acceptors (Lipinski definition) is 4. The van der Waals surface area contributed by atoms with Gasteiger partial charge < -0.3 is 15.4 Å². The van der Waals surface area contributed by atoms with Gasteiger partial charge in [-0.1, -0.05) is 6.07 Å². The number of aromatic nitrogens is 2. The standard InChI is InChI=1S/C21H30N4O2/c1-15-5-6-18(13-16(15)2)25-20(17-7-10-22-11-8-17)19(14-24-25)21(26)23-9-4-12-27-3/h5-6,13-14,17,22H,4,7-12H2,1-3H3,(H,23,26). The molecule has 146 valence electrons. The van der Waals surface area contributed by atoms with E-state index in [1.807, 2.05) is 4.68 Å². The number of hydrogen-bond donors (Lipinski definition) is 2. The number of carbonyl (C=O) groups is 1. The number of rotatable bonds is 7. The van der Waals surface area contributed by atoms with Crippen molar-refractivity contribution in [2.24, 2.45) is 0 Å². The van der Waals surface area contributed by atoms with Crippen molar-refractivity contribution in [2.75, 3.05) is 33.4 Å². The Kier molecular flexibility index (Phi) is 6.63. The van der Waals surface area contributed by atoms with Crippen molar-refractivity contribution in [1.29, 1.82) is 0 Å². The molecule has 0 aliphatic carbocycles. The van der Waals surface area contributed by atoms with E-state index in [4.69, 9.17) is 4.74 Å². The Morgan fingerprint density at radius 1 is 1.30 bits per heavy atom. The van der Waals surface area contributed by atoms with Crippen LogP contribution in [0.15, 0.2) is 24.4 Å². The highest BCUT2D eigenvalue weighted by atomic mass is 16.5. The zero-order valence-electron chi connectivity index (χ0n) is 16.5. The Labute approximate surface area is 161 Å². The Morgan fingerprint density at radius 2 is 2.07 bits per heavy atom. The largest absolute Gasteiger partial charge is 0.385 e. The Hall–Kier alpha value is -2.18. The predicted octanol–water partition coefficient (Wildman–Crippen LogP) is 2.72. The predicted molar refractivity (Wildman–Crippen MR) is 107 cm³/mol. The quantitative estimate of drug-likeness (QED) is 0.736. The van der Waals surface area contributed by atoms with E-state index in [0.717, 1.165) is 43.7 Å². The first-order valence-electron chi connectivity index (χ1n) is 9.75. The van der Waals surface area contributed by atoms with Crippen LogP contribution in [0.4, 0.5) is 0 Å². The van der Waals surface area contributed by atoms with Crippen LogP contribution in [0.1, 0.15) is 52.4 Å². The minimum atomic E-state index is -0.0466. The van der Waals surface area contributed by atoms with Crippen LogP contribution in [0.2, 0.25) is 0 Å². The van der Waals surface area contributed by atoms with Crippen molar-refractivity contribution in [3.05, 3.63) is 46.8 Å². The summed E-state index contributed by atoms with van der Waals surface area (Å²) < 4.78 is 7.02. The summed E-state index contributed by atoms with van der Waals surface area (Å²) in [6, 6.07) is 6.34. The van der Waals surface area contributed by atoms with Gasteiger partial charge in [-0.2, -0.15) is 5.10 Å². The van der Waals surface area contributed by atoms with Gasteiger partial charge in [0.25, 0.3) is 5.91 Å². The summed E-state index contributed by atoms with van der Waals surface area (Å²) in [7, 11) is 1.67. The molecule has 1 aromatic heterocycles. The van der Waals surface area contributed by atoms with E-state index in [1.54, 1.807) is 13.3 Å². The van der Waals surface area contributed by atoms with Gasteiger partial charge in [0.1, 0.15) is 0 Å². The van der Waals surface area contributed by atoms with Crippen LogP contribution in [0.5, 0.6) is 0 Å². The molecule has 0 atom stereocenters. The maximum atomic E-state index is 12.8. The third kappa shape index (κ3) is 4.57. The van der Waals surface area contributed by atoms with Gasteiger partial charge in [-0.15, -0.1) is 0 Å². The Morgan fingerprint density at radius 3 is 2.78 bits per heavy atom. The van der Waals surface area contributed by atoms with Gasteiger partial charge in [-0.05, 0) is 69.5 Å². The average Bonchev–Trinajstić information content (AvgIpc) is 3.13. The van der Waals surface area contributed by atoms with Gasteiger partial charge in [0.2, 0.25) is 0 Å². The van der Waals surface area contributed by atoms with E-state index in [2.05, 4.69) is 47.8 Å². The summed E-state index contributed by atoms with van der Waals surface area (Å²) in [5, 5.41) is 11.0. The molecule has 27 heavy (non-hydrogen) atoms. The molecule has 3 rings (SSSR count). The van der Waals surface area contributed by atoms with E-state index in [0.29, 0.717) is 24.6 Å². The number of aryl methyl sites for hydroxylation is 2. The van der Waals surface area contributed by atoms with Crippen LogP contribution >= 0.6 is 0 Å². The number of carbonyl (C=O) groups excluding carboxylic acids is 1. The highest BCUT2D eigenvalue weighted by molar-refractivity contribution is 5.95. The molecule has 2 N–H and O–H groups in total. The summed E-state index contributed by atoms with van der Waals surface area (Å²) in [6.45, 7) is 7.40. The van der Waals surface area contributed by atoms with Gasteiger partial charge in [-0.25, -0.2) is 4.68 Å². The lowest BCUT2D eigenvalue weighted by Gasteiger charge is -2.25. The summed E-state index contributed by atoms with van der Waals surface area (Å²) in [4.78, 5) is 12.8. The molecule has 0 bridgehead atoms. The average molecular weight is 370 g/mol. The molecule has 1 saturated heterocycles. The highest BCUT2D eigenvalue weighted by Crippen LogP contribution is 2.30. The molecular weight excluding hydrogens is 340 g/mol. The Bertz CT molecular complexity index is 778. The molecule has 1 fully saturated rings. The third-order valence-electron chi connectivity index (χ3n) is 5.32. The molecule has 0 unspecified atom stereocenters. The minimum absolute atomic E-state index is 0.0466. The van der Waals surface area contributed by atoms with Crippen LogP contribution in [-0.2, 0) is 4.74 Å². The van der Waals surface area contributed by atoms with Gasteiger partial charge in [0.05, 0.1) is 23.1 Å². The van der Waals surface area contributed by atoms with E-state index < -0.39 is 0 Å². The number of amides is 1. The molecule has 2 aromatic rings. The first-order valence-corrected chi connectivity index (χ1v) is 9.75. The van der Waals surface area contributed by atoms with Gasteiger partial charge in [0, 0.05) is 26.2 Å². The second-order valence-electron chi connectivity index (χ2n) is 7.25. The van der Waals surface area contributed by atoms with Crippen molar-refractivity contribution in [2.45, 2.75) is 39.0 Å². The van der Waals surface area contributed by atoms with Crippen molar-refractivity contribution in [1.82, 2.24) is 20.4 Å². The molecule has 1 aliphatic rings. The smallest absolute Gasteiger partial charge is 0.254 e. The molecule has 1 amide bonds. The molecule has 0 spiro atoms. The second kappa shape index (κ2) is 9.15. The monoisotopic (exact) mass is 370 g/mol. The molecule has 0 saturated carbocycles. The van der Waals surface area contributed by atoms with Crippen molar-refractivity contribution < 1.29 is 9.53 Å². The summed E-state index contributed by atoms with van der Waals surface area (Å²) >= 11 is 0. The van der Waals surface area contributed by atoms with E-state index in [1.165, 1.54) is 11.1 Å². The minimum Gasteiger partial charge on any atom is -0.385 e. The van der Waals surface area contributed by atoms with Gasteiger partial charge in [0.15, 0.2) is 0 Å². The summed E-state index contributed by atoms with van der Waals surface area (Å²) in [6.07, 6.45) is 4.55. The fraction of sp³-hybridized carbons (Fsp3) is 0.524. The SMILES string of the molecule is COCCCNC(=O)c1cnn(-c2ccc(C)c(C)c2)c1C1CCNCC1. The van der Waals surface area contributed by atoms with Crippen LogP contribution < -0.4 is 10.6 Å².